The summed E-state index contributed by atoms with van der Waals surface area (Å²) in [5, 5.41) is 4.95. The molecule has 2 atom stereocenters. The fourth-order valence-electron chi connectivity index (χ4n) is 5.19. The molecule has 1 aliphatic rings. The number of hydrogen-bond donors (Lipinski definition) is 1. The largest absolute Gasteiger partial charge is 0.491 e. The number of aromatic nitrogens is 2. The van der Waals surface area contributed by atoms with Gasteiger partial charge in [0, 0.05) is 34.0 Å². The zero-order chi connectivity index (χ0) is 26.3. The first-order valence-electron chi connectivity index (χ1n) is 12.5. The molecule has 1 fully saturated rings. The van der Waals surface area contributed by atoms with Crippen LogP contribution in [0.3, 0.4) is 0 Å². The van der Waals surface area contributed by atoms with E-state index in [-0.39, 0.29) is 18.2 Å². The molecule has 1 saturated heterocycles. The second-order valence-electron chi connectivity index (χ2n) is 9.75. The number of rotatable bonds is 6. The highest BCUT2D eigenvalue weighted by Crippen LogP contribution is 2.44. The number of benzene rings is 2. The number of halogens is 1. The van der Waals surface area contributed by atoms with Crippen LogP contribution in [0.4, 0.5) is 5.69 Å². The Morgan fingerprint density at radius 3 is 2.43 bits per heavy atom. The third kappa shape index (κ3) is 4.83. The van der Waals surface area contributed by atoms with E-state index in [9.17, 15) is 0 Å². The van der Waals surface area contributed by atoms with E-state index < -0.39 is 0 Å². The molecule has 3 heterocycles. The molecule has 0 bridgehead atoms. The maximum absolute atomic E-state index is 6.41. The van der Waals surface area contributed by atoms with Crippen molar-refractivity contribution in [1.29, 1.82) is 0 Å². The maximum atomic E-state index is 6.41. The van der Waals surface area contributed by atoms with Crippen LogP contribution in [0.25, 0.3) is 5.69 Å². The minimum Gasteiger partial charge on any atom is -0.491 e. The topological polar surface area (TPSA) is 42.3 Å². The quantitative estimate of drug-likeness (QED) is 0.263. The van der Waals surface area contributed by atoms with Gasteiger partial charge in [0.2, 0.25) is 0 Å². The summed E-state index contributed by atoms with van der Waals surface area (Å²) in [5.41, 5.74) is 7.65. The highest BCUT2D eigenvalue weighted by atomic mass is 35.5. The number of ether oxygens (including phenoxy) is 1. The van der Waals surface area contributed by atoms with Crippen LogP contribution in [0.5, 0.6) is 5.75 Å². The Morgan fingerprint density at radius 2 is 1.76 bits per heavy atom. The molecule has 0 saturated carbocycles. The van der Waals surface area contributed by atoms with Gasteiger partial charge in [-0.05, 0) is 113 Å². The van der Waals surface area contributed by atoms with Crippen molar-refractivity contribution in [1.82, 2.24) is 14.9 Å². The van der Waals surface area contributed by atoms with E-state index in [1.807, 2.05) is 56.4 Å². The SMILES string of the molecule is Cc1ccc(Cl)cc1-n1c(C)cc(C2C(c3ccccn3)NC(=S)N2c2ccc(OC(C)C)cc2)c1C. The van der Waals surface area contributed by atoms with Crippen LogP contribution >= 0.6 is 23.8 Å². The fourth-order valence-corrected chi connectivity index (χ4v) is 5.70. The predicted octanol–water partition coefficient (Wildman–Crippen LogP) is 7.42. The molecule has 0 aliphatic carbocycles. The van der Waals surface area contributed by atoms with E-state index in [0.717, 1.165) is 44.8 Å². The number of hydrogen-bond acceptors (Lipinski definition) is 3. The molecular formula is C30H31ClN4OS. The Kier molecular flexibility index (Phi) is 6.97. The molecule has 5 nitrogen and oxygen atoms in total. The Morgan fingerprint density at radius 1 is 1.00 bits per heavy atom. The summed E-state index contributed by atoms with van der Waals surface area (Å²) >= 11 is 12.3. The van der Waals surface area contributed by atoms with Crippen LogP contribution in [-0.2, 0) is 0 Å². The fraction of sp³-hybridized carbons (Fsp3) is 0.267. The molecule has 1 N–H and O–H groups in total. The van der Waals surface area contributed by atoms with Gasteiger partial charge >= 0.3 is 0 Å². The molecule has 4 aromatic rings. The van der Waals surface area contributed by atoms with Gasteiger partial charge in [-0.1, -0.05) is 23.7 Å². The Balaban J connectivity index is 1.64. The second-order valence-corrected chi connectivity index (χ2v) is 10.6. The van der Waals surface area contributed by atoms with Gasteiger partial charge in [-0.2, -0.15) is 0 Å². The molecule has 0 spiro atoms. The van der Waals surface area contributed by atoms with Crippen molar-refractivity contribution < 1.29 is 4.74 Å². The normalized spacial score (nSPS) is 17.4. The van der Waals surface area contributed by atoms with Gasteiger partial charge in [-0.15, -0.1) is 0 Å². The Labute approximate surface area is 229 Å². The molecule has 37 heavy (non-hydrogen) atoms. The van der Waals surface area contributed by atoms with E-state index in [2.05, 4.69) is 65.9 Å². The van der Waals surface area contributed by atoms with Crippen molar-refractivity contribution >= 4 is 34.6 Å². The first-order valence-corrected chi connectivity index (χ1v) is 13.3. The average Bonchev–Trinajstić information content (AvgIpc) is 3.36. The van der Waals surface area contributed by atoms with Gasteiger partial charge in [0.25, 0.3) is 0 Å². The van der Waals surface area contributed by atoms with E-state index in [1.165, 1.54) is 5.56 Å². The minimum atomic E-state index is -0.116. The van der Waals surface area contributed by atoms with Gasteiger partial charge in [-0.3, -0.25) is 4.98 Å². The molecule has 190 valence electrons. The van der Waals surface area contributed by atoms with Crippen LogP contribution in [0, 0.1) is 20.8 Å². The summed E-state index contributed by atoms with van der Waals surface area (Å²) in [7, 11) is 0. The predicted molar refractivity (Wildman–Crippen MR) is 155 cm³/mol. The molecule has 2 unspecified atom stereocenters. The number of thiocarbonyl (C=S) groups is 1. The molecule has 2 aromatic heterocycles. The lowest BCUT2D eigenvalue weighted by atomic mass is 9.96. The summed E-state index contributed by atoms with van der Waals surface area (Å²) in [5.74, 6) is 0.837. The van der Waals surface area contributed by atoms with Crippen molar-refractivity contribution in [3.63, 3.8) is 0 Å². The van der Waals surface area contributed by atoms with E-state index >= 15 is 0 Å². The van der Waals surface area contributed by atoms with Crippen molar-refractivity contribution in [3.05, 3.63) is 106 Å². The van der Waals surface area contributed by atoms with E-state index in [1.54, 1.807) is 0 Å². The summed E-state index contributed by atoms with van der Waals surface area (Å²) in [6.45, 7) is 10.5. The second kappa shape index (κ2) is 10.2. The van der Waals surface area contributed by atoms with Gasteiger partial charge in [0.15, 0.2) is 5.11 Å². The number of anilines is 1. The lowest BCUT2D eigenvalue weighted by Crippen LogP contribution is -2.29. The Hall–Kier alpha value is -3.35. The summed E-state index contributed by atoms with van der Waals surface area (Å²) in [6, 6.07) is 22.2. The van der Waals surface area contributed by atoms with Crippen molar-refractivity contribution in [2.75, 3.05) is 4.90 Å². The first-order chi connectivity index (χ1) is 17.7. The van der Waals surface area contributed by atoms with Crippen molar-refractivity contribution in [2.45, 2.75) is 52.8 Å². The van der Waals surface area contributed by atoms with Gasteiger partial charge in [0.05, 0.1) is 23.9 Å². The van der Waals surface area contributed by atoms with Crippen LogP contribution in [-0.4, -0.2) is 20.8 Å². The third-order valence-electron chi connectivity index (χ3n) is 6.79. The molecule has 1 aliphatic heterocycles. The molecule has 2 aromatic carbocycles. The number of nitrogens with one attached hydrogen (secondary N) is 1. The van der Waals surface area contributed by atoms with Crippen molar-refractivity contribution in [3.8, 4) is 11.4 Å². The minimum absolute atomic E-state index is 0.0984. The van der Waals surface area contributed by atoms with Gasteiger partial charge in [-0.25, -0.2) is 0 Å². The zero-order valence-corrected chi connectivity index (χ0v) is 23.3. The van der Waals surface area contributed by atoms with Crippen LogP contribution < -0.4 is 15.0 Å². The van der Waals surface area contributed by atoms with Crippen LogP contribution in [0.2, 0.25) is 5.02 Å². The molecule has 0 amide bonds. The summed E-state index contributed by atoms with van der Waals surface area (Å²) < 4.78 is 8.16. The zero-order valence-electron chi connectivity index (χ0n) is 21.7. The number of pyridine rings is 1. The number of aryl methyl sites for hydroxylation is 2. The number of nitrogens with zero attached hydrogens (tertiary/aromatic N) is 3. The standard InChI is InChI=1S/C30H31ClN4OS/c1-18(2)36-24-13-11-23(12-14-24)35-29(28(33-30(35)37)26-8-6-7-15-32-26)25-16-20(4)34(21(25)5)27-17-22(31)10-9-19(27)3/h6-18,28-29H,1-5H3,(H,33,37). The lowest BCUT2D eigenvalue weighted by Gasteiger charge is -2.28. The van der Waals surface area contributed by atoms with E-state index in [0.29, 0.717) is 5.11 Å². The monoisotopic (exact) mass is 530 g/mol. The highest BCUT2D eigenvalue weighted by molar-refractivity contribution is 7.80. The molecule has 7 heteroatoms. The first kappa shape index (κ1) is 25.3. The lowest BCUT2D eigenvalue weighted by molar-refractivity contribution is 0.242. The molecular weight excluding hydrogens is 500 g/mol. The maximum Gasteiger partial charge on any atom is 0.174 e. The smallest absolute Gasteiger partial charge is 0.174 e. The van der Waals surface area contributed by atoms with Crippen LogP contribution in [0.15, 0.2) is 72.9 Å². The van der Waals surface area contributed by atoms with Crippen LogP contribution in [0.1, 0.15) is 54.1 Å². The molecule has 0 radical (unpaired) electrons. The average molecular weight is 531 g/mol. The van der Waals surface area contributed by atoms with Crippen molar-refractivity contribution in [2.24, 2.45) is 0 Å². The van der Waals surface area contributed by atoms with E-state index in [4.69, 9.17) is 33.5 Å². The summed E-state index contributed by atoms with van der Waals surface area (Å²) in [4.78, 5) is 6.89. The highest BCUT2D eigenvalue weighted by Gasteiger charge is 2.42. The van der Waals surface area contributed by atoms with Gasteiger partial charge in [0.1, 0.15) is 5.75 Å². The van der Waals surface area contributed by atoms with Gasteiger partial charge < -0.3 is 19.5 Å². The molecule has 5 rings (SSSR count). The third-order valence-corrected chi connectivity index (χ3v) is 7.34. The summed E-state index contributed by atoms with van der Waals surface area (Å²) in [6.07, 6.45) is 1.94. The Bertz CT molecular complexity index is 1430.